The van der Waals surface area contributed by atoms with Crippen molar-refractivity contribution < 1.29 is 13.2 Å². The number of amides is 1. The maximum absolute atomic E-state index is 12.3. The molecule has 0 unspecified atom stereocenters. The van der Waals surface area contributed by atoms with E-state index in [0.29, 0.717) is 5.82 Å². The maximum atomic E-state index is 12.3. The molecule has 0 fully saturated rings. The van der Waals surface area contributed by atoms with Gasteiger partial charge in [-0.05, 0) is 24.3 Å². The molecular formula is C14H15N3O3S. The minimum atomic E-state index is -3.67. The number of carbonyl (C=O) groups excluding carboxylic acids is 1. The molecule has 1 aromatic heterocycles. The quantitative estimate of drug-likeness (QED) is 0.904. The van der Waals surface area contributed by atoms with Crippen LogP contribution < -0.4 is 5.32 Å². The smallest absolute Gasteiger partial charge is 0.243 e. The van der Waals surface area contributed by atoms with Gasteiger partial charge in [0.15, 0.2) is 0 Å². The van der Waals surface area contributed by atoms with Gasteiger partial charge in [0, 0.05) is 13.2 Å². The van der Waals surface area contributed by atoms with Gasteiger partial charge in [0.25, 0.3) is 0 Å². The molecule has 0 spiro atoms. The highest BCUT2D eigenvalue weighted by molar-refractivity contribution is 7.89. The lowest BCUT2D eigenvalue weighted by Gasteiger charge is -2.16. The summed E-state index contributed by atoms with van der Waals surface area (Å²) in [5, 5.41) is 2.54. The van der Waals surface area contributed by atoms with Crippen LogP contribution in [0.2, 0.25) is 0 Å². The second-order valence-corrected chi connectivity index (χ2v) is 6.38. The van der Waals surface area contributed by atoms with Gasteiger partial charge in [-0.1, -0.05) is 24.3 Å². The van der Waals surface area contributed by atoms with Gasteiger partial charge in [0.2, 0.25) is 15.9 Å². The number of hydrogen-bond acceptors (Lipinski definition) is 4. The summed E-state index contributed by atoms with van der Waals surface area (Å²) >= 11 is 0. The Bertz CT molecular complexity index is 703. The van der Waals surface area contributed by atoms with E-state index in [0.717, 1.165) is 4.31 Å². The number of benzene rings is 1. The third-order valence-corrected chi connectivity index (χ3v) is 4.57. The van der Waals surface area contributed by atoms with E-state index in [1.807, 2.05) is 0 Å². The molecule has 0 saturated carbocycles. The first-order valence-electron chi connectivity index (χ1n) is 6.22. The number of anilines is 1. The van der Waals surface area contributed by atoms with Crippen molar-refractivity contribution in [3.63, 3.8) is 0 Å². The standard InChI is InChI=1S/C14H15N3O3S/c1-17(21(19,20)12-7-3-2-4-8-12)11-14(18)16-13-9-5-6-10-15-13/h2-10H,11H2,1H3,(H,15,16,18). The van der Waals surface area contributed by atoms with Gasteiger partial charge < -0.3 is 5.32 Å². The Morgan fingerprint density at radius 3 is 2.43 bits per heavy atom. The van der Waals surface area contributed by atoms with Crippen molar-refractivity contribution in [1.29, 1.82) is 0 Å². The Morgan fingerprint density at radius 1 is 1.14 bits per heavy atom. The number of aromatic nitrogens is 1. The zero-order chi connectivity index (χ0) is 15.3. The van der Waals surface area contributed by atoms with Crippen LogP contribution in [0.5, 0.6) is 0 Å². The Balaban J connectivity index is 2.04. The Hall–Kier alpha value is -2.25. The molecule has 7 heteroatoms. The molecule has 2 aromatic rings. The van der Waals surface area contributed by atoms with Gasteiger partial charge in [-0.2, -0.15) is 4.31 Å². The van der Waals surface area contributed by atoms with Gasteiger partial charge in [-0.3, -0.25) is 4.79 Å². The number of hydrogen-bond donors (Lipinski definition) is 1. The molecule has 6 nitrogen and oxygen atoms in total. The molecule has 1 heterocycles. The van der Waals surface area contributed by atoms with Gasteiger partial charge >= 0.3 is 0 Å². The average molecular weight is 305 g/mol. The molecule has 1 aromatic carbocycles. The van der Waals surface area contributed by atoms with Crippen LogP contribution in [0.4, 0.5) is 5.82 Å². The number of nitrogens with zero attached hydrogens (tertiary/aromatic N) is 2. The number of carbonyl (C=O) groups is 1. The predicted octanol–water partition coefficient (Wildman–Crippen LogP) is 1.34. The summed E-state index contributed by atoms with van der Waals surface area (Å²) in [5.74, 6) is -0.0660. The summed E-state index contributed by atoms with van der Waals surface area (Å²) in [6, 6.07) is 13.1. The summed E-state index contributed by atoms with van der Waals surface area (Å²) in [5.41, 5.74) is 0. The number of likely N-dealkylation sites (N-methyl/N-ethyl adjacent to an activating group) is 1. The summed E-state index contributed by atoms with van der Waals surface area (Å²) < 4.78 is 25.5. The largest absolute Gasteiger partial charge is 0.310 e. The molecule has 0 aliphatic rings. The van der Waals surface area contributed by atoms with E-state index < -0.39 is 15.9 Å². The summed E-state index contributed by atoms with van der Waals surface area (Å²) in [7, 11) is -2.31. The minimum Gasteiger partial charge on any atom is -0.310 e. The van der Waals surface area contributed by atoms with E-state index in [2.05, 4.69) is 10.3 Å². The highest BCUT2D eigenvalue weighted by atomic mass is 32.2. The minimum absolute atomic E-state index is 0.151. The topological polar surface area (TPSA) is 79.4 Å². The Labute approximate surface area is 123 Å². The molecule has 0 bridgehead atoms. The number of sulfonamides is 1. The first kappa shape index (κ1) is 15.1. The van der Waals surface area contributed by atoms with Gasteiger partial charge in [0.05, 0.1) is 11.4 Å². The molecular weight excluding hydrogens is 290 g/mol. The van der Waals surface area contributed by atoms with E-state index in [1.54, 1.807) is 42.6 Å². The van der Waals surface area contributed by atoms with E-state index in [9.17, 15) is 13.2 Å². The molecule has 0 radical (unpaired) electrons. The van der Waals surface area contributed by atoms with Crippen LogP contribution in [0, 0.1) is 0 Å². The van der Waals surface area contributed by atoms with E-state index in [4.69, 9.17) is 0 Å². The molecule has 0 saturated heterocycles. The fraction of sp³-hybridized carbons (Fsp3) is 0.143. The van der Waals surface area contributed by atoms with Gasteiger partial charge in [-0.25, -0.2) is 13.4 Å². The number of pyridine rings is 1. The van der Waals surface area contributed by atoms with Crippen molar-refractivity contribution in [1.82, 2.24) is 9.29 Å². The molecule has 2 rings (SSSR count). The molecule has 0 aliphatic heterocycles. The fourth-order valence-electron chi connectivity index (χ4n) is 1.68. The molecule has 0 atom stereocenters. The molecule has 110 valence electrons. The molecule has 21 heavy (non-hydrogen) atoms. The summed E-state index contributed by atoms with van der Waals surface area (Å²) in [4.78, 5) is 15.9. The molecule has 1 N–H and O–H groups in total. The SMILES string of the molecule is CN(CC(=O)Nc1ccccn1)S(=O)(=O)c1ccccc1. The summed E-state index contributed by atoms with van der Waals surface area (Å²) in [6.07, 6.45) is 1.54. The van der Waals surface area contributed by atoms with Crippen LogP contribution in [-0.2, 0) is 14.8 Å². The van der Waals surface area contributed by atoms with E-state index >= 15 is 0 Å². The fourth-order valence-corrected chi connectivity index (χ4v) is 2.83. The third-order valence-electron chi connectivity index (χ3n) is 2.75. The van der Waals surface area contributed by atoms with E-state index in [-0.39, 0.29) is 11.4 Å². The van der Waals surface area contributed by atoms with Gasteiger partial charge in [0.1, 0.15) is 5.82 Å². The maximum Gasteiger partial charge on any atom is 0.243 e. The van der Waals surface area contributed by atoms with Crippen LogP contribution in [0.15, 0.2) is 59.6 Å². The Morgan fingerprint density at radius 2 is 1.81 bits per heavy atom. The highest BCUT2D eigenvalue weighted by Gasteiger charge is 2.22. The average Bonchev–Trinajstić information content (AvgIpc) is 2.49. The predicted molar refractivity (Wildman–Crippen MR) is 79.1 cm³/mol. The van der Waals surface area contributed by atoms with Crippen LogP contribution in [0.3, 0.4) is 0 Å². The lowest BCUT2D eigenvalue weighted by Crippen LogP contribution is -2.35. The van der Waals surface area contributed by atoms with Crippen LogP contribution in [-0.4, -0.2) is 37.2 Å². The van der Waals surface area contributed by atoms with Crippen LogP contribution in [0.25, 0.3) is 0 Å². The molecule has 0 aliphatic carbocycles. The first-order chi connectivity index (χ1) is 10.00. The van der Waals surface area contributed by atoms with Crippen LogP contribution >= 0.6 is 0 Å². The lowest BCUT2D eigenvalue weighted by molar-refractivity contribution is -0.116. The van der Waals surface area contributed by atoms with Crippen molar-refractivity contribution in [2.75, 3.05) is 18.9 Å². The number of nitrogens with one attached hydrogen (secondary N) is 1. The van der Waals surface area contributed by atoms with Crippen molar-refractivity contribution in [2.45, 2.75) is 4.90 Å². The normalized spacial score (nSPS) is 11.3. The van der Waals surface area contributed by atoms with E-state index in [1.165, 1.54) is 19.2 Å². The second kappa shape index (κ2) is 6.47. The van der Waals surface area contributed by atoms with Crippen molar-refractivity contribution in [3.8, 4) is 0 Å². The number of rotatable bonds is 5. The van der Waals surface area contributed by atoms with Crippen LogP contribution in [0.1, 0.15) is 0 Å². The monoisotopic (exact) mass is 305 g/mol. The van der Waals surface area contributed by atoms with Crippen molar-refractivity contribution in [3.05, 3.63) is 54.7 Å². The second-order valence-electron chi connectivity index (χ2n) is 4.34. The van der Waals surface area contributed by atoms with Gasteiger partial charge in [-0.15, -0.1) is 0 Å². The van der Waals surface area contributed by atoms with Crippen molar-refractivity contribution >= 4 is 21.7 Å². The summed E-state index contributed by atoms with van der Waals surface area (Å²) in [6.45, 7) is -0.284. The zero-order valence-electron chi connectivity index (χ0n) is 11.4. The van der Waals surface area contributed by atoms with Crippen molar-refractivity contribution in [2.24, 2.45) is 0 Å². The lowest BCUT2D eigenvalue weighted by atomic mass is 10.4. The highest BCUT2D eigenvalue weighted by Crippen LogP contribution is 2.13. The zero-order valence-corrected chi connectivity index (χ0v) is 12.2. The first-order valence-corrected chi connectivity index (χ1v) is 7.66. The Kier molecular flexibility index (Phi) is 4.66. The molecule has 1 amide bonds. The third kappa shape index (κ3) is 3.87.